The van der Waals surface area contributed by atoms with Gasteiger partial charge in [-0.05, 0) is 19.9 Å². The molecule has 2 aromatic rings. The molecule has 0 aliphatic heterocycles. The molecule has 3 nitrogen and oxygen atoms in total. The first-order valence-electron chi connectivity index (χ1n) is 4.28. The SMILES string of the molecule is Cc1cc(-c2[nH]ncc2C=O)c(C)s1. The van der Waals surface area contributed by atoms with Crippen LogP contribution in [0.25, 0.3) is 11.3 Å². The molecule has 72 valence electrons. The van der Waals surface area contributed by atoms with E-state index in [1.54, 1.807) is 17.5 Å². The van der Waals surface area contributed by atoms with Gasteiger partial charge in [-0.25, -0.2) is 0 Å². The minimum absolute atomic E-state index is 0.617. The van der Waals surface area contributed by atoms with Gasteiger partial charge in [0, 0.05) is 15.3 Å². The third kappa shape index (κ3) is 1.37. The highest BCUT2D eigenvalue weighted by Crippen LogP contribution is 2.30. The summed E-state index contributed by atoms with van der Waals surface area (Å²) in [6.07, 6.45) is 2.38. The molecule has 14 heavy (non-hydrogen) atoms. The van der Waals surface area contributed by atoms with Gasteiger partial charge in [-0.3, -0.25) is 9.89 Å². The summed E-state index contributed by atoms with van der Waals surface area (Å²) in [6, 6.07) is 2.07. The minimum Gasteiger partial charge on any atom is -0.298 e. The Kier molecular flexibility index (Phi) is 2.21. The van der Waals surface area contributed by atoms with Gasteiger partial charge in [-0.1, -0.05) is 0 Å². The van der Waals surface area contributed by atoms with Crippen LogP contribution in [-0.4, -0.2) is 16.5 Å². The van der Waals surface area contributed by atoms with E-state index in [0.29, 0.717) is 5.56 Å². The molecule has 0 aromatic carbocycles. The van der Waals surface area contributed by atoms with Crippen LogP contribution in [0, 0.1) is 13.8 Å². The maximum absolute atomic E-state index is 10.7. The fourth-order valence-corrected chi connectivity index (χ4v) is 2.41. The van der Waals surface area contributed by atoms with Crippen molar-refractivity contribution < 1.29 is 4.79 Å². The number of aromatic amines is 1. The number of aldehydes is 1. The molecule has 0 bridgehead atoms. The van der Waals surface area contributed by atoms with E-state index in [2.05, 4.69) is 23.2 Å². The molecule has 4 heteroatoms. The van der Waals surface area contributed by atoms with E-state index >= 15 is 0 Å². The van der Waals surface area contributed by atoms with Crippen molar-refractivity contribution in [2.24, 2.45) is 0 Å². The predicted octanol–water partition coefficient (Wildman–Crippen LogP) is 2.57. The van der Waals surface area contributed by atoms with Gasteiger partial charge in [0.2, 0.25) is 0 Å². The van der Waals surface area contributed by atoms with Crippen molar-refractivity contribution in [2.75, 3.05) is 0 Å². The smallest absolute Gasteiger partial charge is 0.153 e. The molecule has 2 heterocycles. The number of thiophene rings is 1. The van der Waals surface area contributed by atoms with Gasteiger partial charge in [0.1, 0.15) is 0 Å². The number of hydrogen-bond donors (Lipinski definition) is 1. The van der Waals surface area contributed by atoms with Crippen LogP contribution in [0.5, 0.6) is 0 Å². The Morgan fingerprint density at radius 2 is 2.29 bits per heavy atom. The lowest BCUT2D eigenvalue weighted by atomic mass is 10.1. The van der Waals surface area contributed by atoms with Gasteiger partial charge in [-0.2, -0.15) is 5.10 Å². The lowest BCUT2D eigenvalue weighted by Gasteiger charge is -1.95. The van der Waals surface area contributed by atoms with E-state index in [0.717, 1.165) is 17.5 Å². The molecular formula is C10H10N2OS. The Morgan fingerprint density at radius 1 is 1.50 bits per heavy atom. The van der Waals surface area contributed by atoms with E-state index < -0.39 is 0 Å². The number of carbonyl (C=O) groups excluding carboxylic acids is 1. The first-order chi connectivity index (χ1) is 6.72. The average Bonchev–Trinajstić information content (AvgIpc) is 2.71. The number of carbonyl (C=O) groups is 1. The summed E-state index contributed by atoms with van der Waals surface area (Å²) in [4.78, 5) is 13.2. The Morgan fingerprint density at radius 3 is 2.86 bits per heavy atom. The van der Waals surface area contributed by atoms with Crippen LogP contribution in [0.2, 0.25) is 0 Å². The number of nitrogens with zero attached hydrogens (tertiary/aromatic N) is 1. The van der Waals surface area contributed by atoms with E-state index in [1.807, 2.05) is 6.92 Å². The van der Waals surface area contributed by atoms with Crippen molar-refractivity contribution in [1.82, 2.24) is 10.2 Å². The largest absolute Gasteiger partial charge is 0.298 e. The Bertz CT molecular complexity index is 470. The summed E-state index contributed by atoms with van der Waals surface area (Å²) in [6.45, 7) is 4.10. The second kappa shape index (κ2) is 3.38. The van der Waals surface area contributed by atoms with Crippen LogP contribution in [0.15, 0.2) is 12.3 Å². The van der Waals surface area contributed by atoms with Crippen LogP contribution in [-0.2, 0) is 0 Å². The van der Waals surface area contributed by atoms with Crippen LogP contribution in [0.4, 0.5) is 0 Å². The van der Waals surface area contributed by atoms with Crippen molar-refractivity contribution in [3.8, 4) is 11.3 Å². The summed E-state index contributed by atoms with van der Waals surface area (Å²) in [5.41, 5.74) is 2.51. The van der Waals surface area contributed by atoms with Crippen molar-refractivity contribution in [1.29, 1.82) is 0 Å². The first-order valence-corrected chi connectivity index (χ1v) is 5.10. The minimum atomic E-state index is 0.617. The third-order valence-electron chi connectivity index (χ3n) is 2.11. The van der Waals surface area contributed by atoms with Crippen LogP contribution < -0.4 is 0 Å². The molecule has 0 atom stereocenters. The fraction of sp³-hybridized carbons (Fsp3) is 0.200. The number of aryl methyl sites for hydroxylation is 2. The molecule has 0 aliphatic carbocycles. The first kappa shape index (κ1) is 9.15. The van der Waals surface area contributed by atoms with E-state index in [4.69, 9.17) is 0 Å². The van der Waals surface area contributed by atoms with E-state index in [-0.39, 0.29) is 0 Å². The zero-order chi connectivity index (χ0) is 10.1. The van der Waals surface area contributed by atoms with Gasteiger partial charge in [0.05, 0.1) is 17.5 Å². The van der Waals surface area contributed by atoms with Crippen molar-refractivity contribution in [2.45, 2.75) is 13.8 Å². The zero-order valence-electron chi connectivity index (χ0n) is 8.00. The monoisotopic (exact) mass is 206 g/mol. The normalized spacial score (nSPS) is 10.4. The molecule has 0 unspecified atom stereocenters. The summed E-state index contributed by atoms with van der Waals surface area (Å²) >= 11 is 1.72. The summed E-state index contributed by atoms with van der Waals surface area (Å²) < 4.78 is 0. The highest BCUT2D eigenvalue weighted by molar-refractivity contribution is 7.12. The Balaban J connectivity index is 2.59. The molecule has 1 N–H and O–H groups in total. The van der Waals surface area contributed by atoms with Crippen molar-refractivity contribution in [3.05, 3.63) is 27.6 Å². The second-order valence-electron chi connectivity index (χ2n) is 3.15. The second-order valence-corrected chi connectivity index (χ2v) is 4.61. The standard InChI is InChI=1S/C10H10N2OS/c1-6-3-9(7(2)14-6)10-8(5-13)4-11-12-10/h3-5H,1-2H3,(H,11,12). The highest BCUT2D eigenvalue weighted by Gasteiger charge is 2.11. The maximum Gasteiger partial charge on any atom is 0.153 e. The highest BCUT2D eigenvalue weighted by atomic mass is 32.1. The van der Waals surface area contributed by atoms with Gasteiger partial charge >= 0.3 is 0 Å². The molecule has 0 saturated heterocycles. The summed E-state index contributed by atoms with van der Waals surface area (Å²) in [5.74, 6) is 0. The lowest BCUT2D eigenvalue weighted by molar-refractivity contribution is 0.112. The van der Waals surface area contributed by atoms with Crippen LogP contribution in [0.3, 0.4) is 0 Å². The van der Waals surface area contributed by atoms with E-state index in [1.165, 1.54) is 9.75 Å². The molecule has 0 spiro atoms. The molecule has 0 radical (unpaired) electrons. The van der Waals surface area contributed by atoms with Gasteiger partial charge in [0.15, 0.2) is 6.29 Å². The van der Waals surface area contributed by atoms with Gasteiger partial charge < -0.3 is 0 Å². The molecule has 0 saturated carbocycles. The molecule has 0 amide bonds. The Hall–Kier alpha value is -1.42. The Labute approximate surface area is 85.8 Å². The van der Waals surface area contributed by atoms with Crippen LogP contribution in [0.1, 0.15) is 20.1 Å². The maximum atomic E-state index is 10.7. The molecular weight excluding hydrogens is 196 g/mol. The van der Waals surface area contributed by atoms with Crippen LogP contribution >= 0.6 is 11.3 Å². The van der Waals surface area contributed by atoms with Crippen molar-refractivity contribution in [3.63, 3.8) is 0 Å². The molecule has 0 fully saturated rings. The molecule has 2 aromatic heterocycles. The average molecular weight is 206 g/mol. The van der Waals surface area contributed by atoms with Crippen molar-refractivity contribution >= 4 is 17.6 Å². The van der Waals surface area contributed by atoms with Gasteiger partial charge in [0.25, 0.3) is 0 Å². The summed E-state index contributed by atoms with van der Waals surface area (Å²) in [5, 5.41) is 6.72. The molecule has 0 aliphatic rings. The quantitative estimate of drug-likeness (QED) is 0.767. The fourth-order valence-electron chi connectivity index (χ4n) is 1.48. The number of nitrogens with one attached hydrogen (secondary N) is 1. The number of H-pyrrole nitrogens is 1. The zero-order valence-corrected chi connectivity index (χ0v) is 8.81. The van der Waals surface area contributed by atoms with Gasteiger partial charge in [-0.15, -0.1) is 11.3 Å². The van der Waals surface area contributed by atoms with E-state index in [9.17, 15) is 4.79 Å². The number of hydrogen-bond acceptors (Lipinski definition) is 3. The molecule has 2 rings (SSSR count). The number of aromatic nitrogens is 2. The predicted molar refractivity (Wildman–Crippen MR) is 56.8 cm³/mol. The third-order valence-corrected chi connectivity index (χ3v) is 3.07. The topological polar surface area (TPSA) is 45.8 Å². The summed E-state index contributed by atoms with van der Waals surface area (Å²) in [7, 11) is 0. The lowest BCUT2D eigenvalue weighted by Crippen LogP contribution is -1.83. The number of rotatable bonds is 2.